The number of thiol groups is 1. The minimum atomic E-state index is -1.06. The lowest BCUT2D eigenvalue weighted by atomic mass is 10.1. The van der Waals surface area contributed by atoms with Crippen molar-refractivity contribution in [3.05, 3.63) is 0 Å². The topological polar surface area (TPSA) is 194 Å². The summed E-state index contributed by atoms with van der Waals surface area (Å²) in [5, 5.41) is 14.6. The van der Waals surface area contributed by atoms with Crippen LogP contribution in [0.4, 0.5) is 0 Å². The van der Waals surface area contributed by atoms with Crippen molar-refractivity contribution in [3.63, 3.8) is 0 Å². The number of nitrogens with zero attached hydrogens (tertiary/aromatic N) is 1. The van der Waals surface area contributed by atoms with Crippen molar-refractivity contribution in [2.75, 3.05) is 25.4 Å². The molecule has 0 aromatic rings. The lowest BCUT2D eigenvalue weighted by molar-refractivity contribution is -0.149. The van der Waals surface area contributed by atoms with Crippen LogP contribution >= 0.6 is 12.6 Å². The smallest absolute Gasteiger partial charge is 0.326 e. The highest BCUT2D eigenvalue weighted by Crippen LogP contribution is 2.20. The number of carbonyl (C=O) groups is 4. The van der Waals surface area contributed by atoms with E-state index in [1.54, 1.807) is 0 Å². The number of likely N-dealkylation sites (tertiary alicyclic amines) is 1. The average Bonchev–Trinajstić information content (AvgIpc) is 3.26. The second kappa shape index (κ2) is 15.0. The van der Waals surface area contributed by atoms with E-state index in [0.717, 1.165) is 6.42 Å². The third kappa shape index (κ3) is 8.93. The van der Waals surface area contributed by atoms with Gasteiger partial charge in [0.15, 0.2) is 0 Å². The van der Waals surface area contributed by atoms with Gasteiger partial charge in [0.1, 0.15) is 18.1 Å². The fourth-order valence-corrected chi connectivity index (χ4v) is 3.88. The molecule has 1 heterocycles. The number of carbonyl (C=O) groups excluding carboxylic acids is 3. The normalized spacial score (nSPS) is 18.6. The third-order valence-electron chi connectivity index (χ3n) is 5.50. The van der Waals surface area contributed by atoms with Gasteiger partial charge in [0.2, 0.25) is 17.7 Å². The van der Waals surface area contributed by atoms with E-state index in [-0.39, 0.29) is 5.75 Å². The largest absolute Gasteiger partial charge is 0.480 e. The molecule has 9 N–H and O–H groups in total. The van der Waals surface area contributed by atoms with E-state index in [0.29, 0.717) is 64.6 Å². The number of nitrogens with one attached hydrogen (secondary N) is 2. The van der Waals surface area contributed by atoms with Gasteiger partial charge in [-0.3, -0.25) is 14.4 Å². The molecule has 0 aromatic carbocycles. The summed E-state index contributed by atoms with van der Waals surface area (Å²) in [4.78, 5) is 51.0. The number of amides is 3. The molecule has 32 heavy (non-hydrogen) atoms. The molecule has 3 amide bonds. The Labute approximate surface area is 194 Å². The summed E-state index contributed by atoms with van der Waals surface area (Å²) in [6.45, 7) is 1.27. The molecule has 1 aliphatic rings. The van der Waals surface area contributed by atoms with E-state index in [4.69, 9.17) is 17.2 Å². The molecule has 1 fully saturated rings. The Kier molecular flexibility index (Phi) is 13.2. The standard InChI is InChI=1S/C20H38N6O5S/c21-9-3-1-6-13(23)17(27)25-15(12-32)18(28)24-14(7-2-4-10-22)19(29)26-11-5-8-16(26)20(30)31/h13-16,32H,1-12,21-23H2,(H,24,28)(H,25,27)(H,30,31). The maximum Gasteiger partial charge on any atom is 0.326 e. The fraction of sp³-hybridized carbons (Fsp3) is 0.800. The minimum Gasteiger partial charge on any atom is -0.480 e. The molecule has 0 saturated carbocycles. The Morgan fingerprint density at radius 2 is 1.56 bits per heavy atom. The molecule has 11 nitrogen and oxygen atoms in total. The van der Waals surface area contributed by atoms with Crippen LogP contribution in [-0.4, -0.2) is 83.3 Å². The van der Waals surface area contributed by atoms with Gasteiger partial charge in [-0.25, -0.2) is 4.79 Å². The van der Waals surface area contributed by atoms with Crippen LogP contribution in [0.15, 0.2) is 0 Å². The van der Waals surface area contributed by atoms with Crippen LogP contribution < -0.4 is 27.8 Å². The molecule has 1 rings (SSSR count). The van der Waals surface area contributed by atoms with E-state index >= 15 is 0 Å². The molecule has 4 unspecified atom stereocenters. The Morgan fingerprint density at radius 1 is 0.969 bits per heavy atom. The number of aliphatic carboxylic acids is 1. The van der Waals surface area contributed by atoms with Gasteiger partial charge in [-0.05, 0) is 58.0 Å². The number of nitrogens with two attached hydrogens (primary N) is 3. The van der Waals surface area contributed by atoms with Crippen LogP contribution in [0, 0.1) is 0 Å². The molecular formula is C20H38N6O5S. The molecule has 0 bridgehead atoms. The first kappa shape index (κ1) is 28.1. The van der Waals surface area contributed by atoms with Crippen molar-refractivity contribution >= 4 is 36.3 Å². The summed E-state index contributed by atoms with van der Waals surface area (Å²) in [5.74, 6) is -2.54. The summed E-state index contributed by atoms with van der Waals surface area (Å²) < 4.78 is 0. The summed E-state index contributed by atoms with van der Waals surface area (Å²) >= 11 is 4.15. The van der Waals surface area contributed by atoms with E-state index in [2.05, 4.69) is 23.3 Å². The molecule has 0 spiro atoms. The summed E-state index contributed by atoms with van der Waals surface area (Å²) in [7, 11) is 0. The summed E-state index contributed by atoms with van der Waals surface area (Å²) in [6.07, 6.45) is 4.41. The summed E-state index contributed by atoms with van der Waals surface area (Å²) in [6, 6.07) is -3.57. The van der Waals surface area contributed by atoms with Crippen molar-refractivity contribution in [1.29, 1.82) is 0 Å². The van der Waals surface area contributed by atoms with E-state index in [1.807, 2.05) is 0 Å². The van der Waals surface area contributed by atoms with Crippen LogP contribution in [0.5, 0.6) is 0 Å². The highest BCUT2D eigenvalue weighted by atomic mass is 32.1. The van der Waals surface area contributed by atoms with Gasteiger partial charge in [-0.2, -0.15) is 12.6 Å². The van der Waals surface area contributed by atoms with Gasteiger partial charge in [0.25, 0.3) is 0 Å². The first-order chi connectivity index (χ1) is 15.3. The molecular weight excluding hydrogens is 436 g/mol. The van der Waals surface area contributed by atoms with Crippen molar-refractivity contribution < 1.29 is 24.3 Å². The zero-order chi connectivity index (χ0) is 24.1. The highest BCUT2D eigenvalue weighted by Gasteiger charge is 2.38. The minimum absolute atomic E-state index is 0.0122. The molecule has 184 valence electrons. The third-order valence-corrected chi connectivity index (χ3v) is 5.87. The first-order valence-corrected chi connectivity index (χ1v) is 11.8. The molecule has 0 aliphatic carbocycles. The lowest BCUT2D eigenvalue weighted by Gasteiger charge is -2.28. The van der Waals surface area contributed by atoms with Gasteiger partial charge < -0.3 is 37.8 Å². The number of unbranched alkanes of at least 4 members (excludes halogenated alkanes) is 2. The maximum absolute atomic E-state index is 13.1. The SMILES string of the molecule is NCCCCC(N)C(=O)NC(CS)C(=O)NC(CCCCN)C(=O)N1CCCC1C(=O)O. The molecule has 1 aliphatic heterocycles. The van der Waals surface area contributed by atoms with Gasteiger partial charge in [-0.1, -0.05) is 6.42 Å². The molecule has 0 radical (unpaired) electrons. The first-order valence-electron chi connectivity index (χ1n) is 11.2. The predicted octanol–water partition coefficient (Wildman–Crippen LogP) is -1.45. The van der Waals surface area contributed by atoms with Crippen molar-refractivity contribution in [1.82, 2.24) is 15.5 Å². The van der Waals surface area contributed by atoms with Crippen molar-refractivity contribution in [2.24, 2.45) is 17.2 Å². The van der Waals surface area contributed by atoms with Crippen molar-refractivity contribution in [2.45, 2.75) is 75.5 Å². The van der Waals surface area contributed by atoms with Gasteiger partial charge >= 0.3 is 5.97 Å². The number of hydrogen-bond donors (Lipinski definition) is 7. The predicted molar refractivity (Wildman–Crippen MR) is 124 cm³/mol. The molecule has 12 heteroatoms. The molecule has 0 aromatic heterocycles. The number of carboxylic acid groups (broad SMARTS) is 1. The van der Waals surface area contributed by atoms with Gasteiger partial charge in [0.05, 0.1) is 6.04 Å². The average molecular weight is 475 g/mol. The zero-order valence-electron chi connectivity index (χ0n) is 18.5. The van der Waals surface area contributed by atoms with E-state index in [9.17, 15) is 24.3 Å². The Balaban J connectivity index is 2.80. The maximum atomic E-state index is 13.1. The van der Waals surface area contributed by atoms with Crippen molar-refractivity contribution in [3.8, 4) is 0 Å². The summed E-state index contributed by atoms with van der Waals surface area (Å²) in [5.41, 5.74) is 16.9. The van der Waals surface area contributed by atoms with E-state index < -0.39 is 47.9 Å². The molecule has 1 saturated heterocycles. The molecule has 4 atom stereocenters. The zero-order valence-corrected chi connectivity index (χ0v) is 19.4. The fourth-order valence-electron chi connectivity index (χ4n) is 3.62. The van der Waals surface area contributed by atoms with Crippen LogP contribution in [0.2, 0.25) is 0 Å². The van der Waals surface area contributed by atoms with Crippen LogP contribution in [0.3, 0.4) is 0 Å². The Hall–Kier alpha value is -1.89. The number of rotatable bonds is 15. The Bertz CT molecular complexity index is 638. The number of carboxylic acids is 1. The van der Waals surface area contributed by atoms with Crippen LogP contribution in [0.1, 0.15) is 51.4 Å². The van der Waals surface area contributed by atoms with E-state index in [1.165, 1.54) is 4.90 Å². The van der Waals surface area contributed by atoms with Crippen LogP contribution in [0.25, 0.3) is 0 Å². The Morgan fingerprint density at radius 3 is 2.12 bits per heavy atom. The highest BCUT2D eigenvalue weighted by molar-refractivity contribution is 7.80. The lowest BCUT2D eigenvalue weighted by Crippen LogP contribution is -2.57. The second-order valence-electron chi connectivity index (χ2n) is 8.01. The quantitative estimate of drug-likeness (QED) is 0.111. The van der Waals surface area contributed by atoms with Gasteiger partial charge in [0, 0.05) is 12.3 Å². The van der Waals surface area contributed by atoms with Gasteiger partial charge in [-0.15, -0.1) is 0 Å². The van der Waals surface area contributed by atoms with Crippen LogP contribution in [-0.2, 0) is 19.2 Å². The monoisotopic (exact) mass is 474 g/mol. The number of hydrogen-bond acceptors (Lipinski definition) is 8. The second-order valence-corrected chi connectivity index (χ2v) is 8.37.